The number of rotatable bonds is 7. The Kier molecular flexibility index (Phi) is 8.35. The molecule has 0 saturated heterocycles. The zero-order valence-electron chi connectivity index (χ0n) is 12.7. The van der Waals surface area contributed by atoms with Gasteiger partial charge in [0.05, 0.1) is 13.7 Å². The van der Waals surface area contributed by atoms with Gasteiger partial charge < -0.3 is 20.7 Å². The monoisotopic (exact) mass is 287 g/mol. The van der Waals surface area contributed by atoms with Gasteiger partial charge in [0.25, 0.3) is 0 Å². The number of methoxy groups -OCH3 is 1. The van der Waals surface area contributed by atoms with Gasteiger partial charge in [-0.25, -0.2) is 4.79 Å². The molecule has 0 aromatic carbocycles. The second-order valence-electron chi connectivity index (χ2n) is 5.44. The summed E-state index contributed by atoms with van der Waals surface area (Å²) in [5.74, 6) is -0.494. The molecule has 0 aliphatic carbocycles. The van der Waals surface area contributed by atoms with Gasteiger partial charge in [-0.05, 0) is 33.6 Å². The first-order valence-corrected chi connectivity index (χ1v) is 6.64. The lowest BCUT2D eigenvalue weighted by Crippen LogP contribution is -2.47. The molecule has 0 aliphatic heterocycles. The van der Waals surface area contributed by atoms with Crippen LogP contribution in [0.4, 0.5) is 4.79 Å². The average Bonchev–Trinajstić information content (AvgIpc) is 2.33. The van der Waals surface area contributed by atoms with E-state index in [4.69, 9.17) is 0 Å². The van der Waals surface area contributed by atoms with Gasteiger partial charge in [0.2, 0.25) is 5.91 Å². The van der Waals surface area contributed by atoms with Crippen molar-refractivity contribution in [2.75, 3.05) is 20.2 Å². The fourth-order valence-corrected chi connectivity index (χ4v) is 1.38. The Labute approximate surface area is 119 Å². The van der Waals surface area contributed by atoms with Crippen molar-refractivity contribution in [3.05, 3.63) is 0 Å². The van der Waals surface area contributed by atoms with Crippen molar-refractivity contribution in [2.24, 2.45) is 0 Å². The van der Waals surface area contributed by atoms with Crippen LogP contribution in [0.5, 0.6) is 0 Å². The van der Waals surface area contributed by atoms with Crippen molar-refractivity contribution in [1.82, 2.24) is 16.0 Å². The van der Waals surface area contributed by atoms with Crippen molar-refractivity contribution in [1.29, 1.82) is 0 Å². The molecule has 0 radical (unpaired) electrons. The van der Waals surface area contributed by atoms with E-state index in [1.54, 1.807) is 0 Å². The Hall–Kier alpha value is -1.79. The van der Waals surface area contributed by atoms with E-state index in [1.807, 2.05) is 20.8 Å². The fourth-order valence-electron chi connectivity index (χ4n) is 1.38. The molecule has 0 aliphatic rings. The highest BCUT2D eigenvalue weighted by molar-refractivity contribution is 5.84. The smallest absolute Gasteiger partial charge is 0.315 e. The minimum Gasteiger partial charge on any atom is -0.469 e. The number of carbonyl (C=O) groups excluding carboxylic acids is 3. The summed E-state index contributed by atoms with van der Waals surface area (Å²) in [5, 5.41) is 7.81. The quantitative estimate of drug-likeness (QED) is 0.470. The molecule has 3 N–H and O–H groups in total. The summed E-state index contributed by atoms with van der Waals surface area (Å²) in [7, 11) is 1.34. The van der Waals surface area contributed by atoms with Crippen LogP contribution in [-0.2, 0) is 14.3 Å². The van der Waals surface area contributed by atoms with Crippen LogP contribution in [0.15, 0.2) is 0 Å². The summed E-state index contributed by atoms with van der Waals surface area (Å²) in [6.45, 7) is 5.99. The van der Waals surface area contributed by atoms with Crippen LogP contribution < -0.4 is 16.0 Å². The summed E-state index contributed by atoms with van der Waals surface area (Å²) in [6, 6.07) is -0.396. The van der Waals surface area contributed by atoms with E-state index in [0.29, 0.717) is 25.8 Å². The van der Waals surface area contributed by atoms with Gasteiger partial charge >= 0.3 is 12.0 Å². The zero-order chi connectivity index (χ0) is 15.6. The van der Waals surface area contributed by atoms with Crippen molar-refractivity contribution in [3.63, 3.8) is 0 Å². The molecule has 3 amide bonds. The number of unbranched alkanes of at least 4 members (excludes halogenated alkanes) is 1. The summed E-state index contributed by atoms with van der Waals surface area (Å²) < 4.78 is 4.50. The molecular weight excluding hydrogens is 262 g/mol. The number of carbonyl (C=O) groups is 3. The Balaban J connectivity index is 3.60. The maximum absolute atomic E-state index is 11.4. The molecule has 7 nitrogen and oxygen atoms in total. The van der Waals surface area contributed by atoms with Crippen LogP contribution in [0.1, 0.15) is 40.0 Å². The molecular formula is C13H25N3O4. The first-order valence-electron chi connectivity index (χ1n) is 6.64. The predicted octanol–water partition coefficient (Wildman–Crippen LogP) is 0.544. The molecule has 0 spiro atoms. The zero-order valence-corrected chi connectivity index (χ0v) is 12.7. The molecule has 0 aromatic heterocycles. The van der Waals surface area contributed by atoms with E-state index >= 15 is 0 Å². The normalized spacial score (nSPS) is 10.6. The average molecular weight is 287 g/mol. The van der Waals surface area contributed by atoms with Gasteiger partial charge in [0, 0.05) is 18.5 Å². The molecule has 0 unspecified atom stereocenters. The largest absolute Gasteiger partial charge is 0.469 e. The second kappa shape index (κ2) is 9.17. The number of esters is 1. The lowest BCUT2D eigenvalue weighted by Gasteiger charge is -2.20. The number of hydrogen-bond acceptors (Lipinski definition) is 4. The summed E-state index contributed by atoms with van der Waals surface area (Å²) in [4.78, 5) is 33.6. The standard InChI is InChI=1S/C13H25N3O4/c1-13(2,3)16-10(17)9-15-12(19)14-8-6-5-7-11(18)20-4/h5-9H2,1-4H3,(H,16,17)(H2,14,15,19). The molecule has 0 bridgehead atoms. The highest BCUT2D eigenvalue weighted by atomic mass is 16.5. The van der Waals surface area contributed by atoms with E-state index in [0.717, 1.165) is 0 Å². The molecule has 7 heteroatoms. The number of nitrogens with one attached hydrogen (secondary N) is 3. The van der Waals surface area contributed by atoms with Crippen molar-refractivity contribution in [2.45, 2.75) is 45.6 Å². The van der Waals surface area contributed by atoms with Crippen LogP contribution in [0.2, 0.25) is 0 Å². The van der Waals surface area contributed by atoms with Crippen molar-refractivity contribution >= 4 is 17.9 Å². The van der Waals surface area contributed by atoms with Crippen LogP contribution in [0.3, 0.4) is 0 Å². The third kappa shape index (κ3) is 11.3. The second-order valence-corrected chi connectivity index (χ2v) is 5.44. The van der Waals surface area contributed by atoms with Crippen LogP contribution in [0.25, 0.3) is 0 Å². The highest BCUT2D eigenvalue weighted by Gasteiger charge is 2.13. The molecule has 0 atom stereocenters. The first kappa shape index (κ1) is 18.2. The summed E-state index contributed by atoms with van der Waals surface area (Å²) in [5.41, 5.74) is -0.316. The van der Waals surface area contributed by atoms with Gasteiger partial charge in [0.15, 0.2) is 0 Å². The maximum atomic E-state index is 11.4. The van der Waals surface area contributed by atoms with Crippen LogP contribution in [-0.4, -0.2) is 43.6 Å². The van der Waals surface area contributed by atoms with Crippen molar-refractivity contribution in [3.8, 4) is 0 Å². The fraction of sp³-hybridized carbons (Fsp3) is 0.769. The minimum atomic E-state index is -0.396. The number of hydrogen-bond donors (Lipinski definition) is 3. The number of urea groups is 1. The van der Waals surface area contributed by atoms with E-state index in [9.17, 15) is 14.4 Å². The topological polar surface area (TPSA) is 96.5 Å². The molecule has 20 heavy (non-hydrogen) atoms. The van der Waals surface area contributed by atoms with Crippen molar-refractivity contribution < 1.29 is 19.1 Å². The van der Waals surface area contributed by atoms with Gasteiger partial charge in [-0.15, -0.1) is 0 Å². The Morgan fingerprint density at radius 1 is 1.05 bits per heavy atom. The van der Waals surface area contributed by atoms with Gasteiger partial charge in [-0.1, -0.05) is 0 Å². The highest BCUT2D eigenvalue weighted by Crippen LogP contribution is 1.97. The van der Waals surface area contributed by atoms with E-state index in [-0.39, 0.29) is 24.0 Å². The third-order valence-electron chi connectivity index (χ3n) is 2.24. The van der Waals surface area contributed by atoms with E-state index in [1.165, 1.54) is 7.11 Å². The van der Waals surface area contributed by atoms with Gasteiger partial charge in [-0.2, -0.15) is 0 Å². The first-order chi connectivity index (χ1) is 9.24. The Morgan fingerprint density at radius 2 is 1.70 bits per heavy atom. The third-order valence-corrected chi connectivity index (χ3v) is 2.24. The molecule has 0 saturated carbocycles. The number of amides is 3. The van der Waals surface area contributed by atoms with Crippen LogP contribution >= 0.6 is 0 Å². The van der Waals surface area contributed by atoms with E-state index < -0.39 is 6.03 Å². The Bertz CT molecular complexity index is 337. The molecule has 116 valence electrons. The summed E-state index contributed by atoms with van der Waals surface area (Å²) >= 11 is 0. The number of ether oxygens (including phenoxy) is 1. The van der Waals surface area contributed by atoms with Gasteiger partial charge in [-0.3, -0.25) is 9.59 Å². The molecule has 0 fully saturated rings. The lowest BCUT2D eigenvalue weighted by molar-refractivity contribution is -0.140. The predicted molar refractivity (Wildman–Crippen MR) is 75.2 cm³/mol. The summed E-state index contributed by atoms with van der Waals surface area (Å²) in [6.07, 6.45) is 1.67. The van der Waals surface area contributed by atoms with E-state index in [2.05, 4.69) is 20.7 Å². The Morgan fingerprint density at radius 3 is 2.25 bits per heavy atom. The SMILES string of the molecule is COC(=O)CCCCNC(=O)NCC(=O)NC(C)(C)C. The maximum Gasteiger partial charge on any atom is 0.315 e. The van der Waals surface area contributed by atoms with Gasteiger partial charge in [0.1, 0.15) is 0 Å². The minimum absolute atomic E-state index is 0.0642. The molecule has 0 heterocycles. The molecule has 0 rings (SSSR count). The molecule has 0 aromatic rings. The lowest BCUT2D eigenvalue weighted by atomic mass is 10.1. The van der Waals surface area contributed by atoms with Crippen LogP contribution in [0, 0.1) is 0 Å².